The Hall–Kier alpha value is -12.5. The molecule has 8 aromatic heterocycles. The topological polar surface area (TPSA) is 328 Å². The van der Waals surface area contributed by atoms with Gasteiger partial charge in [-0.1, -0.05) is 85.2 Å². The standard InChI is InChI=1S/C16H20N6O3.C16H18N6O2.C16H16N6O2.C15H18N6O2/c1-5-24-15-12(10-25-13-9-7-6-8-11(13)2)14(17-20(15)3)22-16(23)21(4)18-19-22;2*1-5-13-12(10-24-14-9-7-6-8-11(14)2)15(17-20(13)3)22-16(23)21(4)18-19-22;1-10-7-5-6-8-13(10)23-9-12-11(2)19(3)16-14(12)21-15(22)20(4)17-18-21/h6-9H,5,10H2,1-4H3;5-9H,1,10H2,2-4H3;1,6-9H,10H2,2-4H3;5-8H,9H2,1-4H3/i3*6T;5T. The van der Waals surface area contributed by atoms with Gasteiger partial charge in [0, 0.05) is 62.1 Å². The molecule has 0 aliphatic heterocycles. The third-order valence-corrected chi connectivity index (χ3v) is 14.7. The molecule has 33 heteroatoms. The van der Waals surface area contributed by atoms with E-state index in [0.717, 1.165) is 76.7 Å². The maximum Gasteiger partial charge on any atom is 0.369 e. The summed E-state index contributed by atoms with van der Waals surface area (Å²) in [6.07, 6.45) is 7.23. The van der Waals surface area contributed by atoms with Crippen LogP contribution in [0.2, 0.25) is 0 Å². The lowest BCUT2D eigenvalue weighted by Gasteiger charge is -2.10. The van der Waals surface area contributed by atoms with Gasteiger partial charge in [-0.05, 0) is 136 Å². The van der Waals surface area contributed by atoms with Gasteiger partial charge in [0.1, 0.15) is 55.1 Å². The molecule has 33 nitrogen and oxygen atoms in total. The summed E-state index contributed by atoms with van der Waals surface area (Å²) in [7, 11) is 13.0. The smallest absolute Gasteiger partial charge is 0.369 e. The van der Waals surface area contributed by atoms with E-state index in [1.54, 1.807) is 121 Å². The number of hydrogen-bond acceptors (Lipinski definition) is 21. The van der Waals surface area contributed by atoms with Crippen molar-refractivity contribution >= 4 is 6.08 Å². The molecular weight excluding hydrogens is 1240 g/mol. The third kappa shape index (κ3) is 14.6. The van der Waals surface area contributed by atoms with Crippen LogP contribution in [0, 0.1) is 47.0 Å². The number of benzene rings is 4. The quantitative estimate of drug-likeness (QED) is 0.104. The zero-order chi connectivity index (χ0) is 72.5. The largest absolute Gasteiger partial charge is 0.488 e. The van der Waals surface area contributed by atoms with E-state index in [2.05, 4.69) is 74.6 Å². The molecular formula is C63H72N24O9. The molecule has 0 spiro atoms. The van der Waals surface area contributed by atoms with Crippen LogP contribution in [-0.4, -0.2) is 125 Å². The zero-order valence-corrected chi connectivity index (χ0v) is 55.2. The van der Waals surface area contributed by atoms with Crippen molar-refractivity contribution in [2.45, 2.75) is 68.0 Å². The molecule has 0 radical (unpaired) electrons. The van der Waals surface area contributed by atoms with Crippen molar-refractivity contribution < 1.29 is 29.2 Å². The minimum Gasteiger partial charge on any atom is -0.488 e. The van der Waals surface area contributed by atoms with Crippen LogP contribution in [0.5, 0.6) is 28.9 Å². The van der Waals surface area contributed by atoms with Crippen LogP contribution in [0.3, 0.4) is 0 Å². The fraction of sp³-hybridized carbons (Fsp3) is 0.302. The molecule has 0 amide bonds. The molecule has 0 saturated heterocycles. The van der Waals surface area contributed by atoms with Gasteiger partial charge in [0.25, 0.3) is 0 Å². The number of hydrogen-bond donors (Lipinski definition) is 0. The van der Waals surface area contributed by atoms with E-state index in [1.165, 1.54) is 32.9 Å². The van der Waals surface area contributed by atoms with E-state index >= 15 is 0 Å². The monoisotopic (exact) mass is 1320 g/mol. The highest BCUT2D eigenvalue weighted by Crippen LogP contribution is 2.29. The predicted molar refractivity (Wildman–Crippen MR) is 349 cm³/mol. The molecule has 0 aliphatic rings. The normalized spacial score (nSPS) is 11.4. The summed E-state index contributed by atoms with van der Waals surface area (Å²) in [5, 5.41) is 47.6. The first-order valence-corrected chi connectivity index (χ1v) is 29.3. The first-order chi connectivity index (χ1) is 47.6. The molecule has 0 bridgehead atoms. The second-order valence-electron chi connectivity index (χ2n) is 21.2. The Balaban J connectivity index is 0.000000156. The average molecular weight is 1320 g/mol. The fourth-order valence-electron chi connectivity index (χ4n) is 9.33. The molecule has 0 N–H and O–H groups in total. The van der Waals surface area contributed by atoms with Crippen molar-refractivity contribution in [3.63, 3.8) is 0 Å². The van der Waals surface area contributed by atoms with E-state index < -0.39 is 17.1 Å². The Morgan fingerprint density at radius 3 is 1.10 bits per heavy atom. The van der Waals surface area contributed by atoms with Gasteiger partial charge < -0.3 is 23.7 Å². The van der Waals surface area contributed by atoms with Crippen LogP contribution in [0.4, 0.5) is 0 Å². The van der Waals surface area contributed by atoms with Crippen LogP contribution < -0.4 is 46.4 Å². The van der Waals surface area contributed by atoms with Gasteiger partial charge in [0.15, 0.2) is 23.3 Å². The molecule has 0 aliphatic carbocycles. The fourth-order valence-corrected chi connectivity index (χ4v) is 9.33. The van der Waals surface area contributed by atoms with E-state index in [1.807, 2.05) is 41.5 Å². The second-order valence-corrected chi connectivity index (χ2v) is 21.2. The SMILES string of the molecule is [3H]c1ccc(OCc2c(-n3nnn(C)c3=O)nn(C)c2C#C)c(C)c1.[3H]c1ccc(OCc2c(-n3nnn(C)c3=O)nn(C)c2C)c(C)c1.[3H]c1ccc(OCc2c(-n3nnn(C)c3=O)nn(C)c2C=C)c(C)c1.[3H]c1ccc(OCc2c(-n3nnn(C)c3=O)nn(C)c2OCC)c(C)c1. The van der Waals surface area contributed by atoms with Crippen LogP contribution in [0.1, 0.15) is 74.0 Å². The molecule has 8 heterocycles. The molecule has 0 fully saturated rings. The van der Waals surface area contributed by atoms with E-state index in [0.29, 0.717) is 99.5 Å². The Bertz CT molecular complexity index is 5280. The summed E-state index contributed by atoms with van der Waals surface area (Å²) in [5.41, 5.74) is 6.46. The molecule has 0 unspecified atom stereocenters. The summed E-state index contributed by atoms with van der Waals surface area (Å²) < 4.78 is 75.0. The highest BCUT2D eigenvalue weighted by atomic mass is 16.5. The lowest BCUT2D eigenvalue weighted by molar-refractivity contribution is 0.274. The number of rotatable bonds is 19. The van der Waals surface area contributed by atoms with Crippen molar-refractivity contribution in [3.05, 3.63) is 207 Å². The highest BCUT2D eigenvalue weighted by Gasteiger charge is 2.26. The molecule has 4 aromatic carbocycles. The average Bonchev–Trinajstić information content (AvgIpc) is 1.66. The molecule has 12 rings (SSSR count). The lowest BCUT2D eigenvalue weighted by Crippen LogP contribution is -2.23. The number of aromatic nitrogens is 24. The third-order valence-electron chi connectivity index (χ3n) is 14.7. The van der Waals surface area contributed by atoms with E-state index in [-0.39, 0.29) is 37.9 Å². The minimum absolute atomic E-state index is 0.101. The molecule has 498 valence electrons. The molecule has 12 aromatic rings. The van der Waals surface area contributed by atoms with Crippen LogP contribution in [-0.2, 0) is 82.8 Å². The zero-order valence-electron chi connectivity index (χ0n) is 59.2. The van der Waals surface area contributed by atoms with E-state index in [9.17, 15) is 19.2 Å². The van der Waals surface area contributed by atoms with Gasteiger partial charge in [0.2, 0.25) is 5.88 Å². The lowest BCUT2D eigenvalue weighted by atomic mass is 10.2. The summed E-state index contributed by atoms with van der Waals surface area (Å²) in [6, 6.07) is 22.2. The number of tetrazole rings is 4. The van der Waals surface area contributed by atoms with E-state index in [4.69, 9.17) is 35.6 Å². The Morgan fingerprint density at radius 2 is 0.750 bits per heavy atom. The molecule has 0 saturated carbocycles. The van der Waals surface area contributed by atoms with Gasteiger partial charge in [-0.25, -0.2) is 23.9 Å². The van der Waals surface area contributed by atoms with Crippen molar-refractivity contribution in [1.29, 1.82) is 0 Å². The van der Waals surface area contributed by atoms with Gasteiger partial charge >= 0.3 is 22.8 Å². The van der Waals surface area contributed by atoms with Crippen LogP contribution >= 0.6 is 0 Å². The first-order valence-electron chi connectivity index (χ1n) is 31.3. The van der Waals surface area contributed by atoms with Crippen molar-refractivity contribution in [2.75, 3.05) is 6.61 Å². The Morgan fingerprint density at radius 1 is 0.427 bits per heavy atom. The molecule has 96 heavy (non-hydrogen) atoms. The van der Waals surface area contributed by atoms with Crippen LogP contribution in [0.25, 0.3) is 29.3 Å². The number of para-hydroxylation sites is 4. The Kier molecular flexibility index (Phi) is 19.4. The van der Waals surface area contributed by atoms with Gasteiger partial charge in [0.05, 0.1) is 40.0 Å². The summed E-state index contributed by atoms with van der Waals surface area (Å²) >= 11 is 0. The van der Waals surface area contributed by atoms with Crippen molar-refractivity contribution in [1.82, 2.24) is 118 Å². The second kappa shape index (κ2) is 29.8. The summed E-state index contributed by atoms with van der Waals surface area (Å²) in [6.45, 7) is 16.1. The molecule has 0 atom stereocenters. The van der Waals surface area contributed by atoms with Crippen LogP contribution in [0.15, 0.2) is 123 Å². The summed E-state index contributed by atoms with van der Waals surface area (Å²) in [4.78, 5) is 48.6. The number of ether oxygens (including phenoxy) is 5. The minimum atomic E-state index is -0.433. The van der Waals surface area contributed by atoms with Gasteiger partial charge in [-0.3, -0.25) is 14.0 Å². The number of terminal acetylenes is 1. The number of nitrogens with zero attached hydrogens (tertiary/aromatic N) is 24. The van der Waals surface area contributed by atoms with Gasteiger partial charge in [-0.15, -0.1) is 30.2 Å². The summed E-state index contributed by atoms with van der Waals surface area (Å²) in [5.74, 6) is 7.02. The predicted octanol–water partition coefficient (Wildman–Crippen LogP) is 3.68. The van der Waals surface area contributed by atoms with Crippen molar-refractivity contribution in [2.24, 2.45) is 56.4 Å². The highest BCUT2D eigenvalue weighted by molar-refractivity contribution is 5.53. The number of aryl methyl sites for hydroxylation is 12. The maximum absolute atomic E-state index is 12.2. The first kappa shape index (κ1) is 62.3. The maximum atomic E-state index is 12.2. The van der Waals surface area contributed by atoms with Gasteiger partial charge in [-0.2, -0.15) is 34.0 Å². The van der Waals surface area contributed by atoms with Crippen molar-refractivity contribution in [3.8, 4) is 64.5 Å². The Labute approximate surface area is 554 Å².